The van der Waals surface area contributed by atoms with E-state index < -0.39 is 12.1 Å². The number of aliphatic hydroxyl groups excluding tert-OH is 1. The summed E-state index contributed by atoms with van der Waals surface area (Å²) in [4.78, 5) is 33.1. The van der Waals surface area contributed by atoms with E-state index in [4.69, 9.17) is 4.42 Å². The van der Waals surface area contributed by atoms with E-state index in [9.17, 15) is 19.8 Å². The standard InChI is InChI=1S/C33H36N4O5/c1-22-21-42-32(35-22)29-14-7-15-37(29)33(41)26-12-6-11-25(18-26)31(40)36-28(17-23-8-3-2-4-9-23)30(39)20-34-19-24-10-5-13-27(38)16-24/h2-6,8-13,16,18,21,28-30,34,38-39H,7,14-15,17,19-20H2,1H3,(H,36,40)/t28-,29+,30+/m0/s1. The number of benzene rings is 3. The van der Waals surface area contributed by atoms with Crippen LogP contribution in [-0.4, -0.2) is 57.1 Å². The number of aromatic nitrogens is 1. The van der Waals surface area contributed by atoms with Crippen LogP contribution >= 0.6 is 0 Å². The number of likely N-dealkylation sites (tertiary alicyclic amines) is 1. The molecule has 1 aromatic heterocycles. The smallest absolute Gasteiger partial charge is 0.254 e. The maximum absolute atomic E-state index is 13.5. The van der Waals surface area contributed by atoms with Crippen LogP contribution in [-0.2, 0) is 13.0 Å². The van der Waals surface area contributed by atoms with Crippen LogP contribution in [0.2, 0.25) is 0 Å². The molecule has 2 heterocycles. The van der Waals surface area contributed by atoms with Crippen molar-refractivity contribution in [3.8, 4) is 5.75 Å². The number of aromatic hydroxyl groups is 1. The first-order valence-corrected chi connectivity index (χ1v) is 14.2. The van der Waals surface area contributed by atoms with Gasteiger partial charge in [-0.2, -0.15) is 0 Å². The van der Waals surface area contributed by atoms with Crippen molar-refractivity contribution < 1.29 is 24.2 Å². The topological polar surface area (TPSA) is 128 Å². The molecule has 0 spiro atoms. The van der Waals surface area contributed by atoms with E-state index in [0.29, 0.717) is 36.5 Å². The number of phenolic OH excluding ortho intramolecular Hbond substituents is 1. The van der Waals surface area contributed by atoms with Crippen molar-refractivity contribution in [1.82, 2.24) is 20.5 Å². The van der Waals surface area contributed by atoms with Crippen molar-refractivity contribution in [2.75, 3.05) is 13.1 Å². The van der Waals surface area contributed by atoms with Crippen LogP contribution in [0, 0.1) is 6.92 Å². The number of amides is 2. The number of carbonyl (C=O) groups is 2. The van der Waals surface area contributed by atoms with Gasteiger partial charge in [0.2, 0.25) is 5.89 Å². The Morgan fingerprint density at radius 3 is 2.55 bits per heavy atom. The minimum absolute atomic E-state index is 0.178. The van der Waals surface area contributed by atoms with Crippen LogP contribution in [0.1, 0.15) is 62.3 Å². The Bertz CT molecular complexity index is 1510. The normalized spacial score (nSPS) is 16.2. The number of hydrogen-bond acceptors (Lipinski definition) is 7. The van der Waals surface area contributed by atoms with Crippen molar-refractivity contribution >= 4 is 11.8 Å². The zero-order valence-corrected chi connectivity index (χ0v) is 23.6. The molecule has 1 fully saturated rings. The molecule has 5 rings (SSSR count). The number of nitrogens with one attached hydrogen (secondary N) is 2. The Morgan fingerprint density at radius 1 is 1.02 bits per heavy atom. The van der Waals surface area contributed by atoms with Gasteiger partial charge in [-0.3, -0.25) is 9.59 Å². The van der Waals surface area contributed by atoms with Gasteiger partial charge in [0.25, 0.3) is 11.8 Å². The molecule has 2 amide bonds. The minimum Gasteiger partial charge on any atom is -0.508 e. The van der Waals surface area contributed by atoms with Crippen molar-refractivity contribution in [2.45, 2.75) is 50.9 Å². The van der Waals surface area contributed by atoms with Gasteiger partial charge in [0, 0.05) is 30.8 Å². The molecular weight excluding hydrogens is 532 g/mol. The number of aliphatic hydroxyl groups is 1. The quantitative estimate of drug-likeness (QED) is 0.214. The summed E-state index contributed by atoms with van der Waals surface area (Å²) in [7, 11) is 0. The predicted octanol–water partition coefficient (Wildman–Crippen LogP) is 4.16. The average molecular weight is 569 g/mol. The highest BCUT2D eigenvalue weighted by molar-refractivity contribution is 6.00. The van der Waals surface area contributed by atoms with E-state index in [-0.39, 0.29) is 30.2 Å². The van der Waals surface area contributed by atoms with Crippen LogP contribution in [0.15, 0.2) is 89.5 Å². The first-order chi connectivity index (χ1) is 20.4. The third kappa shape index (κ3) is 7.23. The van der Waals surface area contributed by atoms with Gasteiger partial charge in [-0.15, -0.1) is 0 Å². The van der Waals surface area contributed by atoms with Crippen LogP contribution in [0.4, 0.5) is 0 Å². The van der Waals surface area contributed by atoms with Crippen molar-refractivity contribution in [3.63, 3.8) is 0 Å². The summed E-state index contributed by atoms with van der Waals surface area (Å²) >= 11 is 0. The molecule has 3 aromatic carbocycles. The number of rotatable bonds is 11. The Balaban J connectivity index is 1.27. The molecule has 4 aromatic rings. The van der Waals surface area contributed by atoms with Gasteiger partial charge in [0.1, 0.15) is 18.1 Å². The van der Waals surface area contributed by atoms with Gasteiger partial charge in [-0.1, -0.05) is 48.5 Å². The number of aryl methyl sites for hydroxylation is 1. The van der Waals surface area contributed by atoms with E-state index in [1.165, 1.54) is 0 Å². The van der Waals surface area contributed by atoms with Gasteiger partial charge in [-0.25, -0.2) is 4.98 Å². The molecule has 1 aliphatic heterocycles. The summed E-state index contributed by atoms with van der Waals surface area (Å²) in [6.07, 6.45) is 2.72. The molecule has 0 aliphatic carbocycles. The number of nitrogens with zero attached hydrogens (tertiary/aromatic N) is 2. The fraction of sp³-hybridized carbons (Fsp3) is 0.303. The second-order valence-electron chi connectivity index (χ2n) is 10.7. The van der Waals surface area contributed by atoms with Gasteiger partial charge in [0.15, 0.2) is 0 Å². The van der Waals surface area contributed by atoms with E-state index in [0.717, 1.165) is 29.7 Å². The molecule has 218 valence electrons. The maximum Gasteiger partial charge on any atom is 0.254 e. The largest absolute Gasteiger partial charge is 0.508 e. The molecule has 0 radical (unpaired) electrons. The molecule has 4 N–H and O–H groups in total. The van der Waals surface area contributed by atoms with E-state index in [1.54, 1.807) is 53.6 Å². The lowest BCUT2D eigenvalue weighted by Crippen LogP contribution is -2.48. The summed E-state index contributed by atoms with van der Waals surface area (Å²) in [5, 5.41) is 27.0. The number of oxazole rings is 1. The Labute approximate surface area is 245 Å². The number of phenols is 1. The van der Waals surface area contributed by atoms with Crippen molar-refractivity contribution in [2.24, 2.45) is 0 Å². The molecule has 0 unspecified atom stereocenters. The zero-order chi connectivity index (χ0) is 29.5. The molecule has 42 heavy (non-hydrogen) atoms. The van der Waals surface area contributed by atoms with Crippen molar-refractivity contribution in [3.05, 3.63) is 119 Å². The van der Waals surface area contributed by atoms with Crippen LogP contribution < -0.4 is 10.6 Å². The average Bonchev–Trinajstić information content (AvgIpc) is 3.66. The fourth-order valence-electron chi connectivity index (χ4n) is 5.33. The monoisotopic (exact) mass is 568 g/mol. The molecule has 3 atom stereocenters. The Morgan fingerprint density at radius 2 is 1.79 bits per heavy atom. The lowest BCUT2D eigenvalue weighted by Gasteiger charge is -2.25. The highest BCUT2D eigenvalue weighted by atomic mass is 16.3. The maximum atomic E-state index is 13.5. The van der Waals surface area contributed by atoms with Crippen LogP contribution in [0.3, 0.4) is 0 Å². The molecule has 0 bridgehead atoms. The molecular formula is C33H36N4O5. The first-order valence-electron chi connectivity index (χ1n) is 14.2. The van der Waals surface area contributed by atoms with Gasteiger partial charge in [0.05, 0.1) is 17.8 Å². The summed E-state index contributed by atoms with van der Waals surface area (Å²) < 4.78 is 5.59. The van der Waals surface area contributed by atoms with Gasteiger partial charge < -0.3 is 30.2 Å². The SMILES string of the molecule is Cc1coc([C@H]2CCCN2C(=O)c2cccc(C(=O)N[C@@H](Cc3ccccc3)[C@H](O)CNCc3cccc(O)c3)c2)n1. The summed E-state index contributed by atoms with van der Waals surface area (Å²) in [5.41, 5.74) is 3.36. The molecule has 0 saturated carbocycles. The van der Waals surface area contributed by atoms with Gasteiger partial charge in [-0.05, 0) is 67.6 Å². The van der Waals surface area contributed by atoms with Gasteiger partial charge >= 0.3 is 0 Å². The van der Waals surface area contributed by atoms with E-state index in [1.807, 2.05) is 43.3 Å². The highest BCUT2D eigenvalue weighted by Crippen LogP contribution is 2.32. The molecule has 1 aliphatic rings. The number of carbonyl (C=O) groups excluding carboxylic acids is 2. The molecule has 1 saturated heterocycles. The molecule has 9 heteroatoms. The lowest BCUT2D eigenvalue weighted by atomic mass is 10.00. The second kappa shape index (κ2) is 13.5. The third-order valence-corrected chi connectivity index (χ3v) is 7.48. The minimum atomic E-state index is -0.897. The van der Waals surface area contributed by atoms with Crippen LogP contribution in [0.5, 0.6) is 5.75 Å². The summed E-state index contributed by atoms with van der Waals surface area (Å²) in [6.45, 7) is 3.11. The van der Waals surface area contributed by atoms with Crippen molar-refractivity contribution in [1.29, 1.82) is 0 Å². The Kier molecular flexibility index (Phi) is 9.31. The third-order valence-electron chi connectivity index (χ3n) is 7.48. The highest BCUT2D eigenvalue weighted by Gasteiger charge is 2.34. The molecule has 9 nitrogen and oxygen atoms in total. The fourth-order valence-corrected chi connectivity index (χ4v) is 5.33. The van der Waals surface area contributed by atoms with E-state index >= 15 is 0 Å². The number of hydrogen-bond donors (Lipinski definition) is 4. The summed E-state index contributed by atoms with van der Waals surface area (Å²) in [5.74, 6) is 0.152. The zero-order valence-electron chi connectivity index (χ0n) is 23.6. The van der Waals surface area contributed by atoms with E-state index in [2.05, 4.69) is 15.6 Å². The first kappa shape index (κ1) is 29.0. The van der Waals surface area contributed by atoms with Crippen LogP contribution in [0.25, 0.3) is 0 Å². The summed E-state index contributed by atoms with van der Waals surface area (Å²) in [6, 6.07) is 22.4. The second-order valence-corrected chi connectivity index (χ2v) is 10.7. The predicted molar refractivity (Wildman–Crippen MR) is 158 cm³/mol. The lowest BCUT2D eigenvalue weighted by molar-refractivity contribution is 0.0715. The Hall–Kier alpha value is -4.47.